The molecule has 0 spiro atoms. The van der Waals surface area contributed by atoms with E-state index in [4.69, 9.17) is 0 Å². The predicted molar refractivity (Wildman–Crippen MR) is 103 cm³/mol. The molecule has 0 unspecified atom stereocenters. The van der Waals surface area contributed by atoms with Crippen molar-refractivity contribution in [1.29, 1.82) is 0 Å². The van der Waals surface area contributed by atoms with E-state index in [9.17, 15) is 0 Å². The Morgan fingerprint density at radius 3 is 2.43 bits per heavy atom. The van der Waals surface area contributed by atoms with Gasteiger partial charge in [0.1, 0.15) is 0 Å². The van der Waals surface area contributed by atoms with Crippen LogP contribution in [0.15, 0.2) is 60.8 Å². The van der Waals surface area contributed by atoms with Crippen molar-refractivity contribution in [3.8, 4) is 11.3 Å². The summed E-state index contributed by atoms with van der Waals surface area (Å²) in [5.74, 6) is 0. The lowest BCUT2D eigenvalue weighted by atomic mass is 10.1. The summed E-state index contributed by atoms with van der Waals surface area (Å²) >= 11 is 3.79. The highest BCUT2D eigenvalue weighted by Crippen LogP contribution is 2.46. The van der Waals surface area contributed by atoms with Crippen molar-refractivity contribution in [2.75, 3.05) is 0 Å². The number of aromatic nitrogens is 1. The fourth-order valence-corrected chi connectivity index (χ4v) is 5.82. The number of aryl methyl sites for hydroxylation is 1. The van der Waals surface area contributed by atoms with Crippen LogP contribution in [0.3, 0.4) is 0 Å². The smallest absolute Gasteiger partial charge is 0.0716 e. The number of fused-ring (bicyclic) bond motifs is 5. The SMILES string of the molecule is Cc1ccc(-c2cccc3c2sc2c4ccccc4sc32)nc1. The molecule has 0 amide bonds. The first kappa shape index (κ1) is 13.2. The molecule has 23 heavy (non-hydrogen) atoms. The van der Waals surface area contributed by atoms with Gasteiger partial charge in [-0.2, -0.15) is 0 Å². The van der Waals surface area contributed by atoms with Crippen LogP contribution in [0.25, 0.3) is 40.8 Å². The Labute approximate surface area is 141 Å². The van der Waals surface area contributed by atoms with Gasteiger partial charge in [0, 0.05) is 31.9 Å². The molecular weight excluding hydrogens is 318 g/mol. The standard InChI is InChI=1S/C20H13NS2/c1-12-9-10-16(21-11-12)13-6-4-7-15-18(13)23-19-14-5-2-3-8-17(14)22-20(15)19/h2-11H,1H3. The Bertz CT molecular complexity index is 1160. The fourth-order valence-electron chi connectivity index (χ4n) is 3.06. The number of hydrogen-bond donors (Lipinski definition) is 0. The van der Waals surface area contributed by atoms with Crippen LogP contribution in [-0.4, -0.2) is 4.98 Å². The second-order valence-electron chi connectivity index (χ2n) is 5.76. The Kier molecular flexibility index (Phi) is 2.81. The van der Waals surface area contributed by atoms with Gasteiger partial charge < -0.3 is 0 Å². The van der Waals surface area contributed by atoms with Gasteiger partial charge in [0.05, 0.1) is 15.1 Å². The van der Waals surface area contributed by atoms with E-state index in [1.165, 1.54) is 40.7 Å². The van der Waals surface area contributed by atoms with E-state index >= 15 is 0 Å². The summed E-state index contributed by atoms with van der Waals surface area (Å²) in [5, 5.41) is 2.72. The number of nitrogens with zero attached hydrogens (tertiary/aromatic N) is 1. The molecule has 3 heterocycles. The Morgan fingerprint density at radius 1 is 0.739 bits per heavy atom. The van der Waals surface area contributed by atoms with Crippen molar-refractivity contribution in [2.45, 2.75) is 6.92 Å². The topological polar surface area (TPSA) is 12.9 Å². The van der Waals surface area contributed by atoms with Gasteiger partial charge in [-0.05, 0) is 24.6 Å². The molecule has 5 aromatic rings. The monoisotopic (exact) mass is 331 g/mol. The minimum atomic E-state index is 1.06. The molecule has 3 heteroatoms. The van der Waals surface area contributed by atoms with Gasteiger partial charge in [-0.25, -0.2) is 0 Å². The first-order valence-corrected chi connectivity index (χ1v) is 9.20. The highest BCUT2D eigenvalue weighted by Gasteiger charge is 2.14. The van der Waals surface area contributed by atoms with Crippen LogP contribution in [0.2, 0.25) is 0 Å². The van der Waals surface area contributed by atoms with Crippen molar-refractivity contribution < 1.29 is 0 Å². The number of thiophene rings is 2. The molecule has 0 radical (unpaired) electrons. The Balaban J connectivity index is 1.88. The molecule has 5 rings (SSSR count). The van der Waals surface area contributed by atoms with Gasteiger partial charge in [-0.15, -0.1) is 22.7 Å². The van der Waals surface area contributed by atoms with Gasteiger partial charge in [-0.1, -0.05) is 42.5 Å². The average molecular weight is 331 g/mol. The number of benzene rings is 2. The molecule has 0 saturated carbocycles. The van der Waals surface area contributed by atoms with Crippen molar-refractivity contribution >= 4 is 52.2 Å². The van der Waals surface area contributed by atoms with Gasteiger partial charge in [-0.3, -0.25) is 4.98 Å². The van der Waals surface area contributed by atoms with Crippen molar-refractivity contribution in [3.05, 3.63) is 66.4 Å². The highest BCUT2D eigenvalue weighted by atomic mass is 32.1. The summed E-state index contributed by atoms with van der Waals surface area (Å²) in [7, 11) is 0. The average Bonchev–Trinajstić information content (AvgIpc) is 3.12. The zero-order valence-corrected chi connectivity index (χ0v) is 14.2. The molecule has 110 valence electrons. The summed E-state index contributed by atoms with van der Waals surface area (Å²) in [6, 6.07) is 19.5. The third-order valence-electron chi connectivity index (χ3n) is 4.20. The maximum Gasteiger partial charge on any atom is 0.0716 e. The zero-order valence-electron chi connectivity index (χ0n) is 12.5. The van der Waals surface area contributed by atoms with Crippen LogP contribution in [0.5, 0.6) is 0 Å². The maximum atomic E-state index is 4.63. The molecule has 0 fully saturated rings. The van der Waals surface area contributed by atoms with E-state index in [2.05, 4.69) is 66.5 Å². The molecule has 1 nitrogen and oxygen atoms in total. The first-order chi connectivity index (χ1) is 11.3. The third kappa shape index (κ3) is 1.94. The fraction of sp³-hybridized carbons (Fsp3) is 0.0500. The molecule has 0 aliphatic rings. The minimum Gasteiger partial charge on any atom is -0.256 e. The summed E-state index contributed by atoms with van der Waals surface area (Å²) in [4.78, 5) is 4.63. The van der Waals surface area contributed by atoms with Crippen LogP contribution in [-0.2, 0) is 0 Å². The van der Waals surface area contributed by atoms with Crippen molar-refractivity contribution in [3.63, 3.8) is 0 Å². The first-order valence-electron chi connectivity index (χ1n) is 7.57. The van der Waals surface area contributed by atoms with E-state index in [0.717, 1.165) is 5.69 Å². The maximum absolute atomic E-state index is 4.63. The van der Waals surface area contributed by atoms with E-state index in [1.54, 1.807) is 0 Å². The van der Waals surface area contributed by atoms with E-state index in [0.29, 0.717) is 0 Å². The lowest BCUT2D eigenvalue weighted by Crippen LogP contribution is -1.83. The van der Waals surface area contributed by atoms with E-state index in [1.807, 2.05) is 28.9 Å². The zero-order chi connectivity index (χ0) is 15.4. The lowest BCUT2D eigenvalue weighted by molar-refractivity contribution is 1.27. The van der Waals surface area contributed by atoms with Crippen LogP contribution >= 0.6 is 22.7 Å². The number of pyridine rings is 1. The summed E-state index contributed by atoms with van der Waals surface area (Å²) < 4.78 is 5.52. The molecule has 0 N–H and O–H groups in total. The molecular formula is C20H13NS2. The molecule has 0 saturated heterocycles. The Hall–Kier alpha value is -2.23. The van der Waals surface area contributed by atoms with Crippen LogP contribution in [0.1, 0.15) is 5.56 Å². The van der Waals surface area contributed by atoms with Crippen molar-refractivity contribution in [1.82, 2.24) is 4.98 Å². The predicted octanol–water partition coefficient (Wildman–Crippen LogP) is 6.64. The third-order valence-corrected chi connectivity index (χ3v) is 6.81. The molecule has 0 aliphatic heterocycles. The largest absolute Gasteiger partial charge is 0.256 e. The van der Waals surface area contributed by atoms with E-state index in [-0.39, 0.29) is 0 Å². The van der Waals surface area contributed by atoms with E-state index < -0.39 is 0 Å². The van der Waals surface area contributed by atoms with Crippen LogP contribution in [0, 0.1) is 6.92 Å². The number of rotatable bonds is 1. The molecule has 0 atom stereocenters. The van der Waals surface area contributed by atoms with Gasteiger partial charge >= 0.3 is 0 Å². The molecule has 0 bridgehead atoms. The second-order valence-corrected chi connectivity index (χ2v) is 7.83. The summed E-state index contributed by atoms with van der Waals surface area (Å²) in [6.07, 6.45) is 1.94. The number of hydrogen-bond acceptors (Lipinski definition) is 3. The van der Waals surface area contributed by atoms with Gasteiger partial charge in [0.15, 0.2) is 0 Å². The molecule has 2 aromatic carbocycles. The van der Waals surface area contributed by atoms with Crippen molar-refractivity contribution in [2.24, 2.45) is 0 Å². The molecule has 0 aliphatic carbocycles. The van der Waals surface area contributed by atoms with Gasteiger partial charge in [0.2, 0.25) is 0 Å². The Morgan fingerprint density at radius 2 is 1.57 bits per heavy atom. The minimum absolute atomic E-state index is 1.06. The van der Waals surface area contributed by atoms with Crippen LogP contribution < -0.4 is 0 Å². The normalized spacial score (nSPS) is 11.7. The highest BCUT2D eigenvalue weighted by molar-refractivity contribution is 7.36. The quantitative estimate of drug-likeness (QED) is 0.335. The summed E-state index contributed by atoms with van der Waals surface area (Å²) in [6.45, 7) is 2.07. The summed E-state index contributed by atoms with van der Waals surface area (Å²) in [5.41, 5.74) is 3.48. The van der Waals surface area contributed by atoms with Crippen LogP contribution in [0.4, 0.5) is 0 Å². The van der Waals surface area contributed by atoms with Gasteiger partial charge in [0.25, 0.3) is 0 Å². The lowest BCUT2D eigenvalue weighted by Gasteiger charge is -2.03. The second kappa shape index (κ2) is 4.88. The molecule has 3 aromatic heterocycles.